The van der Waals surface area contributed by atoms with Crippen LogP contribution in [0, 0.1) is 0 Å². The molecule has 2 aromatic rings. The predicted molar refractivity (Wildman–Crippen MR) is 78.9 cm³/mol. The highest BCUT2D eigenvalue weighted by Gasteiger charge is 2.05. The van der Waals surface area contributed by atoms with Gasteiger partial charge in [-0.3, -0.25) is 0 Å². The van der Waals surface area contributed by atoms with Gasteiger partial charge in [-0.1, -0.05) is 13.8 Å². The van der Waals surface area contributed by atoms with Crippen molar-refractivity contribution in [3.63, 3.8) is 0 Å². The zero-order valence-electron chi connectivity index (χ0n) is 12.2. The van der Waals surface area contributed by atoms with E-state index in [1.807, 2.05) is 30.3 Å². The molecule has 0 aliphatic rings. The first-order valence-corrected chi connectivity index (χ1v) is 6.75. The largest absolute Gasteiger partial charge is 0.491 e. The van der Waals surface area contributed by atoms with Gasteiger partial charge in [-0.05, 0) is 36.2 Å². The maximum Gasteiger partial charge on any atom is 0.119 e. The van der Waals surface area contributed by atoms with Crippen LogP contribution in [0.5, 0.6) is 5.75 Å². The van der Waals surface area contributed by atoms with Crippen LogP contribution in [-0.4, -0.2) is 30.3 Å². The Hall–Kier alpha value is -1.94. The summed E-state index contributed by atoms with van der Waals surface area (Å²) in [6, 6.07) is 9.94. The fourth-order valence-electron chi connectivity index (χ4n) is 1.81. The second kappa shape index (κ2) is 7.01. The quantitative estimate of drug-likeness (QED) is 0.757. The van der Waals surface area contributed by atoms with Gasteiger partial charge < -0.3 is 9.47 Å². The van der Waals surface area contributed by atoms with Crippen LogP contribution >= 0.6 is 0 Å². The highest BCUT2D eigenvalue weighted by atomic mass is 16.5. The number of benzene rings is 1. The van der Waals surface area contributed by atoms with E-state index >= 15 is 0 Å². The van der Waals surface area contributed by atoms with Gasteiger partial charge in [0.05, 0.1) is 12.3 Å². The lowest BCUT2D eigenvalue weighted by atomic mass is 10.1. The van der Waals surface area contributed by atoms with Crippen LogP contribution in [0.4, 0.5) is 0 Å². The Morgan fingerprint density at radius 3 is 2.45 bits per heavy atom. The van der Waals surface area contributed by atoms with Crippen LogP contribution < -0.4 is 4.74 Å². The highest BCUT2D eigenvalue weighted by Crippen LogP contribution is 2.22. The molecule has 1 heterocycles. The van der Waals surface area contributed by atoms with Crippen molar-refractivity contribution in [3.05, 3.63) is 42.4 Å². The van der Waals surface area contributed by atoms with E-state index < -0.39 is 0 Å². The van der Waals surface area contributed by atoms with Crippen LogP contribution in [0.25, 0.3) is 11.3 Å². The summed E-state index contributed by atoms with van der Waals surface area (Å²) in [6.07, 6.45) is 1.62. The van der Waals surface area contributed by atoms with E-state index in [0.717, 1.165) is 22.7 Å². The molecule has 0 spiro atoms. The zero-order valence-corrected chi connectivity index (χ0v) is 12.2. The van der Waals surface area contributed by atoms with Crippen molar-refractivity contribution >= 4 is 0 Å². The van der Waals surface area contributed by atoms with Gasteiger partial charge in [0.2, 0.25) is 0 Å². The lowest BCUT2D eigenvalue weighted by Gasteiger charge is -2.08. The molecule has 4 heteroatoms. The summed E-state index contributed by atoms with van der Waals surface area (Å²) in [5, 5.41) is 0. The van der Waals surface area contributed by atoms with Crippen molar-refractivity contribution in [3.8, 4) is 17.0 Å². The Balaban J connectivity index is 2.11. The molecule has 106 valence electrons. The average molecular weight is 272 g/mol. The smallest absolute Gasteiger partial charge is 0.119 e. The van der Waals surface area contributed by atoms with E-state index in [9.17, 15) is 0 Å². The van der Waals surface area contributed by atoms with Crippen LogP contribution in [0.1, 0.15) is 25.5 Å². The van der Waals surface area contributed by atoms with E-state index in [2.05, 4.69) is 23.8 Å². The molecule has 0 atom stereocenters. The molecule has 0 saturated heterocycles. The van der Waals surface area contributed by atoms with Crippen molar-refractivity contribution in [2.24, 2.45) is 0 Å². The van der Waals surface area contributed by atoms with Crippen molar-refractivity contribution in [1.82, 2.24) is 9.97 Å². The zero-order chi connectivity index (χ0) is 14.4. The molecule has 0 aliphatic heterocycles. The first-order chi connectivity index (χ1) is 9.70. The Kier molecular flexibility index (Phi) is 5.07. The van der Waals surface area contributed by atoms with Crippen molar-refractivity contribution in [2.45, 2.75) is 19.8 Å². The van der Waals surface area contributed by atoms with Gasteiger partial charge >= 0.3 is 0 Å². The summed E-state index contributed by atoms with van der Waals surface area (Å²) in [5.74, 6) is 1.23. The third kappa shape index (κ3) is 3.78. The maximum atomic E-state index is 5.54. The van der Waals surface area contributed by atoms with E-state index in [1.54, 1.807) is 13.4 Å². The number of nitrogens with zero attached hydrogens (tertiary/aromatic N) is 2. The van der Waals surface area contributed by atoms with Crippen molar-refractivity contribution in [2.75, 3.05) is 20.3 Å². The number of hydrogen-bond acceptors (Lipinski definition) is 4. The third-order valence-electron chi connectivity index (χ3n) is 2.99. The van der Waals surface area contributed by atoms with Gasteiger partial charge in [-0.2, -0.15) is 0 Å². The fraction of sp³-hybridized carbons (Fsp3) is 0.375. The van der Waals surface area contributed by atoms with Crippen molar-refractivity contribution in [1.29, 1.82) is 0 Å². The van der Waals surface area contributed by atoms with Gasteiger partial charge in [-0.15, -0.1) is 0 Å². The normalized spacial score (nSPS) is 10.8. The number of aromatic nitrogens is 2. The molecule has 0 N–H and O–H groups in total. The summed E-state index contributed by atoms with van der Waals surface area (Å²) < 4.78 is 10.5. The van der Waals surface area contributed by atoms with Gasteiger partial charge in [0.25, 0.3) is 0 Å². The maximum absolute atomic E-state index is 5.54. The molecule has 1 aromatic heterocycles. The van der Waals surface area contributed by atoms with E-state index in [4.69, 9.17) is 9.47 Å². The number of ether oxygens (including phenoxy) is 2. The lowest BCUT2D eigenvalue weighted by molar-refractivity contribution is 0.146. The molecule has 2 rings (SSSR count). The SMILES string of the molecule is COCCOc1ccc(-c2cc(C(C)C)ncn2)cc1. The lowest BCUT2D eigenvalue weighted by Crippen LogP contribution is -2.03. The molecular formula is C16H20N2O2. The summed E-state index contributed by atoms with van der Waals surface area (Å²) in [7, 11) is 1.66. The fourth-order valence-corrected chi connectivity index (χ4v) is 1.81. The summed E-state index contributed by atoms with van der Waals surface area (Å²) in [6.45, 7) is 5.39. The van der Waals surface area contributed by atoms with E-state index in [-0.39, 0.29) is 0 Å². The average Bonchev–Trinajstić information content (AvgIpc) is 2.48. The number of methoxy groups -OCH3 is 1. The first kappa shape index (κ1) is 14.5. The van der Waals surface area contributed by atoms with Crippen LogP contribution in [-0.2, 0) is 4.74 Å². The summed E-state index contributed by atoms with van der Waals surface area (Å²) in [4.78, 5) is 8.61. The Bertz CT molecular complexity index is 538. The van der Waals surface area contributed by atoms with Gasteiger partial charge in [0.15, 0.2) is 0 Å². The number of rotatable bonds is 6. The molecule has 0 bridgehead atoms. The number of hydrogen-bond donors (Lipinski definition) is 0. The summed E-state index contributed by atoms with van der Waals surface area (Å²) in [5.41, 5.74) is 3.05. The summed E-state index contributed by atoms with van der Waals surface area (Å²) >= 11 is 0. The molecule has 0 aliphatic carbocycles. The molecule has 0 amide bonds. The molecule has 0 radical (unpaired) electrons. The van der Waals surface area contributed by atoms with E-state index in [1.165, 1.54) is 0 Å². The molecule has 4 nitrogen and oxygen atoms in total. The molecule has 0 saturated carbocycles. The van der Waals surface area contributed by atoms with Gasteiger partial charge in [-0.25, -0.2) is 9.97 Å². The minimum Gasteiger partial charge on any atom is -0.491 e. The van der Waals surface area contributed by atoms with Crippen molar-refractivity contribution < 1.29 is 9.47 Å². The third-order valence-corrected chi connectivity index (χ3v) is 2.99. The van der Waals surface area contributed by atoms with Crippen LogP contribution in [0.15, 0.2) is 36.7 Å². The van der Waals surface area contributed by atoms with Crippen LogP contribution in [0.3, 0.4) is 0 Å². The molecular weight excluding hydrogens is 252 g/mol. The molecule has 20 heavy (non-hydrogen) atoms. The second-order valence-corrected chi connectivity index (χ2v) is 4.85. The monoisotopic (exact) mass is 272 g/mol. The van der Waals surface area contributed by atoms with Gasteiger partial charge in [0.1, 0.15) is 18.7 Å². The second-order valence-electron chi connectivity index (χ2n) is 4.85. The van der Waals surface area contributed by atoms with Gasteiger partial charge in [0, 0.05) is 18.4 Å². The molecule has 1 aromatic carbocycles. The molecule has 0 fully saturated rings. The minimum absolute atomic E-state index is 0.397. The minimum atomic E-state index is 0.397. The Labute approximate surface area is 119 Å². The standard InChI is InChI=1S/C16H20N2O2/c1-12(2)15-10-16(18-11-17-15)13-4-6-14(7-5-13)20-9-8-19-3/h4-7,10-12H,8-9H2,1-3H3. The van der Waals surface area contributed by atoms with E-state index in [0.29, 0.717) is 19.1 Å². The first-order valence-electron chi connectivity index (χ1n) is 6.75. The predicted octanol–water partition coefficient (Wildman–Crippen LogP) is 3.29. The van der Waals surface area contributed by atoms with Crippen LogP contribution in [0.2, 0.25) is 0 Å². The topological polar surface area (TPSA) is 44.2 Å². The highest BCUT2D eigenvalue weighted by molar-refractivity contribution is 5.60. The Morgan fingerprint density at radius 2 is 1.80 bits per heavy atom. The molecule has 0 unspecified atom stereocenters. The Morgan fingerprint density at radius 1 is 1.05 bits per heavy atom.